The number of Topliss-reactive ketones (excluding diaryl/α,β-unsaturated/α-hetero) is 1. The molecular formula is C12H22O. The second-order valence-corrected chi connectivity index (χ2v) is 5.02. The molecule has 0 aromatic rings. The fourth-order valence-corrected chi connectivity index (χ4v) is 2.74. The van der Waals surface area contributed by atoms with E-state index in [9.17, 15) is 4.79 Å². The van der Waals surface area contributed by atoms with Crippen LogP contribution in [0, 0.1) is 11.3 Å². The molecule has 0 radical (unpaired) electrons. The molecule has 0 spiro atoms. The molecule has 1 heteroatoms. The van der Waals surface area contributed by atoms with Gasteiger partial charge in [0.1, 0.15) is 5.78 Å². The maximum absolute atomic E-state index is 11.4. The van der Waals surface area contributed by atoms with Crippen molar-refractivity contribution in [1.29, 1.82) is 0 Å². The molecule has 0 aromatic carbocycles. The Morgan fingerprint density at radius 3 is 2.62 bits per heavy atom. The largest absolute Gasteiger partial charge is 0.300 e. The lowest BCUT2D eigenvalue weighted by Gasteiger charge is -2.37. The van der Waals surface area contributed by atoms with Gasteiger partial charge in [0.15, 0.2) is 0 Å². The molecule has 1 saturated carbocycles. The molecule has 1 fully saturated rings. The van der Waals surface area contributed by atoms with Crippen molar-refractivity contribution < 1.29 is 4.79 Å². The van der Waals surface area contributed by atoms with Crippen LogP contribution in [0.3, 0.4) is 0 Å². The van der Waals surface area contributed by atoms with E-state index in [0.29, 0.717) is 11.2 Å². The van der Waals surface area contributed by atoms with Gasteiger partial charge in [-0.15, -0.1) is 0 Å². The highest BCUT2D eigenvalue weighted by atomic mass is 16.1. The van der Waals surface area contributed by atoms with E-state index in [2.05, 4.69) is 20.8 Å². The van der Waals surface area contributed by atoms with Gasteiger partial charge in [-0.2, -0.15) is 0 Å². The molecule has 1 rings (SSSR count). The Kier molecular flexibility index (Phi) is 3.52. The number of ketones is 1. The van der Waals surface area contributed by atoms with Crippen molar-refractivity contribution in [3.63, 3.8) is 0 Å². The summed E-state index contributed by atoms with van der Waals surface area (Å²) >= 11 is 0. The van der Waals surface area contributed by atoms with Crippen LogP contribution < -0.4 is 0 Å². The Morgan fingerprint density at radius 1 is 1.46 bits per heavy atom. The van der Waals surface area contributed by atoms with Gasteiger partial charge in [0.2, 0.25) is 0 Å². The van der Waals surface area contributed by atoms with Crippen LogP contribution in [0.15, 0.2) is 0 Å². The lowest BCUT2D eigenvalue weighted by molar-refractivity contribution is -0.124. The third-order valence-electron chi connectivity index (χ3n) is 3.33. The van der Waals surface area contributed by atoms with Gasteiger partial charge in [0, 0.05) is 12.8 Å². The van der Waals surface area contributed by atoms with Gasteiger partial charge in [-0.05, 0) is 30.6 Å². The average molecular weight is 182 g/mol. The molecule has 0 saturated heterocycles. The maximum Gasteiger partial charge on any atom is 0.133 e. The Balaban J connectivity index is 2.61. The van der Waals surface area contributed by atoms with Crippen LogP contribution in [-0.4, -0.2) is 5.78 Å². The third-order valence-corrected chi connectivity index (χ3v) is 3.33. The first-order valence-electron chi connectivity index (χ1n) is 5.60. The van der Waals surface area contributed by atoms with Crippen molar-refractivity contribution in [3.8, 4) is 0 Å². The zero-order chi connectivity index (χ0) is 9.90. The van der Waals surface area contributed by atoms with Gasteiger partial charge < -0.3 is 0 Å². The standard InChI is InChI=1S/C12H22O/c1-4-12(8-10(2)3)7-5-6-11(13)9-12/h10H,4-9H2,1-3H3/t12-/m0/s1. The van der Waals surface area contributed by atoms with Gasteiger partial charge in [0.05, 0.1) is 0 Å². The zero-order valence-electron chi connectivity index (χ0n) is 9.23. The molecule has 13 heavy (non-hydrogen) atoms. The van der Waals surface area contributed by atoms with Crippen LogP contribution in [0.4, 0.5) is 0 Å². The first-order chi connectivity index (χ1) is 6.08. The average Bonchev–Trinajstić information content (AvgIpc) is 2.03. The summed E-state index contributed by atoms with van der Waals surface area (Å²) in [5.74, 6) is 1.22. The van der Waals surface area contributed by atoms with Crippen molar-refractivity contribution in [2.24, 2.45) is 11.3 Å². The monoisotopic (exact) mass is 182 g/mol. The van der Waals surface area contributed by atoms with E-state index < -0.39 is 0 Å². The third kappa shape index (κ3) is 2.82. The molecular weight excluding hydrogens is 160 g/mol. The van der Waals surface area contributed by atoms with E-state index in [-0.39, 0.29) is 0 Å². The number of carbonyl (C=O) groups excluding carboxylic acids is 1. The summed E-state index contributed by atoms with van der Waals surface area (Å²) in [5.41, 5.74) is 0.365. The molecule has 1 nitrogen and oxygen atoms in total. The number of hydrogen-bond donors (Lipinski definition) is 0. The summed E-state index contributed by atoms with van der Waals surface area (Å²) in [5, 5.41) is 0. The van der Waals surface area contributed by atoms with E-state index in [0.717, 1.165) is 25.2 Å². The number of carbonyl (C=O) groups is 1. The molecule has 1 aliphatic carbocycles. The minimum absolute atomic E-state index is 0.365. The Hall–Kier alpha value is -0.330. The van der Waals surface area contributed by atoms with Crippen molar-refractivity contribution in [2.75, 3.05) is 0 Å². The fraction of sp³-hybridized carbons (Fsp3) is 0.917. The fourth-order valence-electron chi connectivity index (χ4n) is 2.74. The van der Waals surface area contributed by atoms with Crippen molar-refractivity contribution in [1.82, 2.24) is 0 Å². The Bertz CT molecular complexity index is 184. The molecule has 0 N–H and O–H groups in total. The van der Waals surface area contributed by atoms with E-state index in [1.54, 1.807) is 0 Å². The second kappa shape index (κ2) is 4.26. The molecule has 0 bridgehead atoms. The topological polar surface area (TPSA) is 17.1 Å². The highest BCUT2D eigenvalue weighted by Gasteiger charge is 2.34. The smallest absolute Gasteiger partial charge is 0.133 e. The van der Waals surface area contributed by atoms with E-state index in [4.69, 9.17) is 0 Å². The van der Waals surface area contributed by atoms with Gasteiger partial charge in [-0.25, -0.2) is 0 Å². The SMILES string of the molecule is CC[C@@]1(CC(C)C)CCCC(=O)C1. The quantitative estimate of drug-likeness (QED) is 0.652. The summed E-state index contributed by atoms with van der Waals surface area (Å²) in [4.78, 5) is 11.4. The number of rotatable bonds is 3. The first-order valence-corrected chi connectivity index (χ1v) is 5.60. The molecule has 1 atom stereocenters. The highest BCUT2D eigenvalue weighted by molar-refractivity contribution is 5.79. The van der Waals surface area contributed by atoms with E-state index in [1.807, 2.05) is 0 Å². The van der Waals surface area contributed by atoms with Crippen LogP contribution in [0.1, 0.15) is 59.3 Å². The lowest BCUT2D eigenvalue weighted by Crippen LogP contribution is -2.29. The van der Waals surface area contributed by atoms with Crippen molar-refractivity contribution in [3.05, 3.63) is 0 Å². The van der Waals surface area contributed by atoms with Crippen LogP contribution in [0.5, 0.6) is 0 Å². The van der Waals surface area contributed by atoms with Gasteiger partial charge >= 0.3 is 0 Å². The van der Waals surface area contributed by atoms with Crippen LogP contribution in [0.25, 0.3) is 0 Å². The molecule has 76 valence electrons. The summed E-state index contributed by atoms with van der Waals surface area (Å²) in [6.45, 7) is 6.76. The van der Waals surface area contributed by atoms with Gasteiger partial charge in [-0.1, -0.05) is 27.2 Å². The predicted octanol–water partition coefficient (Wildman–Crippen LogP) is 3.57. The maximum atomic E-state index is 11.4. The molecule has 1 aliphatic rings. The molecule has 0 unspecified atom stereocenters. The minimum atomic E-state index is 0.365. The predicted molar refractivity (Wildman–Crippen MR) is 55.7 cm³/mol. The van der Waals surface area contributed by atoms with Crippen molar-refractivity contribution in [2.45, 2.75) is 59.3 Å². The second-order valence-electron chi connectivity index (χ2n) is 5.02. The Labute approximate surface area is 81.9 Å². The zero-order valence-corrected chi connectivity index (χ0v) is 9.23. The molecule has 0 amide bonds. The van der Waals surface area contributed by atoms with Crippen LogP contribution >= 0.6 is 0 Å². The van der Waals surface area contributed by atoms with E-state index in [1.165, 1.54) is 19.3 Å². The highest BCUT2D eigenvalue weighted by Crippen LogP contribution is 2.42. The summed E-state index contributed by atoms with van der Waals surface area (Å²) < 4.78 is 0. The van der Waals surface area contributed by atoms with Crippen molar-refractivity contribution >= 4 is 5.78 Å². The number of hydrogen-bond acceptors (Lipinski definition) is 1. The van der Waals surface area contributed by atoms with Gasteiger partial charge in [-0.3, -0.25) is 4.79 Å². The summed E-state index contributed by atoms with van der Waals surface area (Å²) in [6, 6.07) is 0. The normalized spacial score (nSPS) is 29.7. The summed E-state index contributed by atoms with van der Waals surface area (Å²) in [7, 11) is 0. The van der Waals surface area contributed by atoms with E-state index >= 15 is 0 Å². The van der Waals surface area contributed by atoms with Crippen LogP contribution in [-0.2, 0) is 4.79 Å². The molecule has 0 aliphatic heterocycles. The molecule has 0 aromatic heterocycles. The molecule has 0 heterocycles. The van der Waals surface area contributed by atoms with Gasteiger partial charge in [0.25, 0.3) is 0 Å². The summed E-state index contributed by atoms with van der Waals surface area (Å²) in [6.07, 6.45) is 6.49. The lowest BCUT2D eigenvalue weighted by atomic mass is 9.67. The Morgan fingerprint density at radius 2 is 2.15 bits per heavy atom. The first kappa shape index (κ1) is 10.7. The van der Waals surface area contributed by atoms with Crippen LogP contribution in [0.2, 0.25) is 0 Å². The minimum Gasteiger partial charge on any atom is -0.300 e.